The van der Waals surface area contributed by atoms with Crippen molar-refractivity contribution < 1.29 is 4.39 Å². The molecule has 4 heteroatoms. The molecule has 3 aromatic rings. The fourth-order valence-corrected chi connectivity index (χ4v) is 2.52. The topological polar surface area (TPSA) is 20.7 Å². The molecule has 21 heavy (non-hydrogen) atoms. The summed E-state index contributed by atoms with van der Waals surface area (Å²) in [6.07, 6.45) is 2.85. The summed E-state index contributed by atoms with van der Waals surface area (Å²) in [5.41, 5.74) is 3.23. The van der Waals surface area contributed by atoms with Crippen LogP contribution in [0.4, 0.5) is 4.39 Å². The second-order valence-electron chi connectivity index (χ2n) is 4.91. The van der Waals surface area contributed by atoms with Crippen molar-refractivity contribution in [3.05, 3.63) is 76.9 Å². The average Bonchev–Trinajstić information content (AvgIpc) is 2.89. The summed E-state index contributed by atoms with van der Waals surface area (Å²) in [5, 5.41) is 0. The minimum Gasteiger partial charge on any atom is -0.331 e. The van der Waals surface area contributed by atoms with E-state index >= 15 is 0 Å². The Morgan fingerprint density at radius 3 is 2.43 bits per heavy atom. The number of halogens is 1. The van der Waals surface area contributed by atoms with Crippen LogP contribution in [0.1, 0.15) is 5.56 Å². The van der Waals surface area contributed by atoms with Crippen LogP contribution in [0.5, 0.6) is 0 Å². The first-order valence-electron chi connectivity index (χ1n) is 6.82. The largest absolute Gasteiger partial charge is 0.331 e. The number of aromatic amines is 1. The van der Waals surface area contributed by atoms with Gasteiger partial charge < -0.3 is 9.55 Å². The maximum absolute atomic E-state index is 12.9. The molecule has 1 heterocycles. The Balaban J connectivity index is 1.76. The molecule has 0 saturated heterocycles. The van der Waals surface area contributed by atoms with Crippen molar-refractivity contribution in [1.29, 1.82) is 0 Å². The van der Waals surface area contributed by atoms with Gasteiger partial charge in [-0.3, -0.25) is 0 Å². The lowest BCUT2D eigenvalue weighted by Crippen LogP contribution is -2.00. The summed E-state index contributed by atoms with van der Waals surface area (Å²) in [7, 11) is 0. The Bertz CT molecular complexity index is 773. The Hall–Kier alpha value is -2.20. The van der Waals surface area contributed by atoms with Gasteiger partial charge in [-0.25, -0.2) is 4.39 Å². The molecule has 0 bridgehead atoms. The van der Waals surface area contributed by atoms with Crippen LogP contribution >= 0.6 is 12.2 Å². The third kappa shape index (κ3) is 3.28. The van der Waals surface area contributed by atoms with E-state index in [1.54, 1.807) is 0 Å². The minimum absolute atomic E-state index is 0.205. The molecule has 0 unspecified atom stereocenters. The summed E-state index contributed by atoms with van der Waals surface area (Å²) in [6, 6.07) is 16.7. The van der Waals surface area contributed by atoms with Gasteiger partial charge in [-0.15, -0.1) is 0 Å². The van der Waals surface area contributed by atoms with Gasteiger partial charge >= 0.3 is 0 Å². The van der Waals surface area contributed by atoms with Crippen molar-refractivity contribution in [3.63, 3.8) is 0 Å². The highest BCUT2D eigenvalue weighted by Gasteiger charge is 2.03. The molecule has 3 rings (SSSR count). The molecular weight excluding hydrogens is 283 g/mol. The molecule has 2 aromatic carbocycles. The minimum atomic E-state index is -0.205. The van der Waals surface area contributed by atoms with Gasteiger partial charge in [-0.05, 0) is 41.9 Å². The number of nitrogens with one attached hydrogen (secondary N) is 1. The molecular formula is C17H15FN2S. The molecule has 0 amide bonds. The Morgan fingerprint density at radius 2 is 1.71 bits per heavy atom. The predicted molar refractivity (Wildman–Crippen MR) is 85.2 cm³/mol. The highest BCUT2D eigenvalue weighted by molar-refractivity contribution is 7.71. The second kappa shape index (κ2) is 6.06. The molecule has 0 fully saturated rings. The molecule has 0 aliphatic rings. The maximum Gasteiger partial charge on any atom is 0.177 e. The molecule has 0 atom stereocenters. The monoisotopic (exact) mass is 298 g/mol. The van der Waals surface area contributed by atoms with E-state index < -0.39 is 0 Å². The summed E-state index contributed by atoms with van der Waals surface area (Å²) in [6.45, 7) is 0.772. The van der Waals surface area contributed by atoms with Gasteiger partial charge in [0.25, 0.3) is 0 Å². The van der Waals surface area contributed by atoms with Crippen molar-refractivity contribution in [2.24, 2.45) is 0 Å². The van der Waals surface area contributed by atoms with Gasteiger partial charge in [0.1, 0.15) is 5.82 Å². The van der Waals surface area contributed by atoms with Gasteiger partial charge in [0.2, 0.25) is 0 Å². The zero-order valence-electron chi connectivity index (χ0n) is 11.4. The van der Waals surface area contributed by atoms with Gasteiger partial charge in [-0.2, -0.15) is 0 Å². The van der Waals surface area contributed by atoms with Crippen LogP contribution < -0.4 is 0 Å². The Morgan fingerprint density at radius 1 is 1.00 bits per heavy atom. The van der Waals surface area contributed by atoms with Gasteiger partial charge in [0.15, 0.2) is 4.77 Å². The van der Waals surface area contributed by atoms with Crippen LogP contribution in [0.2, 0.25) is 0 Å². The fraction of sp³-hybridized carbons (Fsp3) is 0.118. The quantitative estimate of drug-likeness (QED) is 0.698. The number of rotatable bonds is 4. The molecule has 0 aliphatic heterocycles. The third-order valence-electron chi connectivity index (χ3n) is 3.43. The lowest BCUT2D eigenvalue weighted by Gasteiger charge is -2.02. The number of benzene rings is 2. The molecule has 1 aromatic heterocycles. The van der Waals surface area contributed by atoms with E-state index in [1.165, 1.54) is 12.1 Å². The van der Waals surface area contributed by atoms with E-state index in [2.05, 4.69) is 4.98 Å². The molecule has 1 N–H and O–H groups in total. The molecule has 2 nitrogen and oxygen atoms in total. The van der Waals surface area contributed by atoms with Gasteiger partial charge in [0, 0.05) is 12.7 Å². The number of nitrogens with zero attached hydrogens (tertiary/aromatic N) is 1. The zero-order valence-corrected chi connectivity index (χ0v) is 12.2. The first-order chi connectivity index (χ1) is 10.2. The van der Waals surface area contributed by atoms with E-state index in [1.807, 2.05) is 53.2 Å². The summed E-state index contributed by atoms with van der Waals surface area (Å²) in [4.78, 5) is 3.22. The summed E-state index contributed by atoms with van der Waals surface area (Å²) < 4.78 is 15.6. The first-order valence-corrected chi connectivity index (χ1v) is 7.22. The fourth-order valence-electron chi connectivity index (χ4n) is 2.26. The van der Waals surface area contributed by atoms with E-state index in [4.69, 9.17) is 12.2 Å². The number of aromatic nitrogens is 2. The van der Waals surface area contributed by atoms with E-state index in [9.17, 15) is 4.39 Å². The Labute approximate surface area is 127 Å². The molecule has 0 radical (unpaired) electrons. The van der Waals surface area contributed by atoms with E-state index in [0.29, 0.717) is 4.77 Å². The predicted octanol–water partition coefficient (Wildman–Crippen LogP) is 4.59. The number of imidazole rings is 1. The number of H-pyrrole nitrogens is 1. The van der Waals surface area contributed by atoms with E-state index in [0.717, 1.165) is 29.8 Å². The van der Waals surface area contributed by atoms with Gasteiger partial charge in [-0.1, -0.05) is 42.5 Å². The highest BCUT2D eigenvalue weighted by atomic mass is 32.1. The van der Waals surface area contributed by atoms with Gasteiger partial charge in [0.05, 0.1) is 5.69 Å². The molecule has 0 aliphatic carbocycles. The first kappa shape index (κ1) is 13.8. The number of aryl methyl sites for hydroxylation is 2. The van der Waals surface area contributed by atoms with Crippen molar-refractivity contribution in [2.45, 2.75) is 13.0 Å². The molecule has 106 valence electrons. The lowest BCUT2D eigenvalue weighted by atomic mass is 10.1. The summed E-state index contributed by atoms with van der Waals surface area (Å²) >= 11 is 5.36. The van der Waals surface area contributed by atoms with Crippen LogP contribution in [0.3, 0.4) is 0 Å². The summed E-state index contributed by atoms with van der Waals surface area (Å²) in [5.74, 6) is -0.205. The molecule has 0 saturated carbocycles. The smallest absolute Gasteiger partial charge is 0.177 e. The van der Waals surface area contributed by atoms with Crippen LogP contribution in [-0.2, 0) is 13.0 Å². The van der Waals surface area contributed by atoms with Crippen LogP contribution in [0.15, 0.2) is 60.8 Å². The highest BCUT2D eigenvalue weighted by Crippen LogP contribution is 2.17. The van der Waals surface area contributed by atoms with E-state index in [-0.39, 0.29) is 5.82 Å². The zero-order chi connectivity index (χ0) is 14.7. The van der Waals surface area contributed by atoms with Crippen molar-refractivity contribution in [3.8, 4) is 11.3 Å². The SMILES string of the molecule is Fc1ccc(CCn2cc(-c3ccccc3)[nH]c2=S)cc1. The Kier molecular flexibility index (Phi) is 3.97. The van der Waals surface area contributed by atoms with Crippen molar-refractivity contribution in [2.75, 3.05) is 0 Å². The van der Waals surface area contributed by atoms with Crippen LogP contribution in [0.25, 0.3) is 11.3 Å². The molecule has 0 spiro atoms. The average molecular weight is 298 g/mol. The second-order valence-corrected chi connectivity index (χ2v) is 5.30. The van der Waals surface area contributed by atoms with Crippen LogP contribution in [0, 0.1) is 10.6 Å². The van der Waals surface area contributed by atoms with Crippen molar-refractivity contribution in [1.82, 2.24) is 9.55 Å². The number of hydrogen-bond donors (Lipinski definition) is 1. The normalized spacial score (nSPS) is 10.7. The standard InChI is InChI=1S/C17H15FN2S/c18-15-8-6-13(7-9-15)10-11-20-12-16(19-17(20)21)14-4-2-1-3-5-14/h1-9,12H,10-11H2,(H,19,21). The van der Waals surface area contributed by atoms with Crippen molar-refractivity contribution >= 4 is 12.2 Å². The number of hydrogen-bond acceptors (Lipinski definition) is 1. The third-order valence-corrected chi connectivity index (χ3v) is 3.76. The lowest BCUT2D eigenvalue weighted by molar-refractivity contribution is 0.625. The van der Waals surface area contributed by atoms with Crippen LogP contribution in [-0.4, -0.2) is 9.55 Å². The maximum atomic E-state index is 12.9.